The molecule has 266 valence electrons. The van der Waals surface area contributed by atoms with Crippen molar-refractivity contribution >= 4 is 23.2 Å². The molecule has 8 nitrogen and oxygen atoms in total. The predicted octanol–water partition coefficient (Wildman–Crippen LogP) is 8.02. The van der Waals surface area contributed by atoms with Crippen LogP contribution in [0.15, 0.2) is 73.1 Å². The maximum atomic E-state index is 13.9. The van der Waals surface area contributed by atoms with Crippen molar-refractivity contribution in [3.8, 4) is 28.3 Å². The number of rotatable bonds is 14. The van der Waals surface area contributed by atoms with Crippen LogP contribution in [-0.4, -0.2) is 77.5 Å². The monoisotopic (exact) mass is 695 g/mol. The number of amides is 2. The Balaban J connectivity index is 1.23. The first-order valence-electron chi connectivity index (χ1n) is 18.1. The van der Waals surface area contributed by atoms with Crippen LogP contribution in [0.5, 0.6) is 5.75 Å². The molecule has 1 N–H and O–H groups in total. The fourth-order valence-corrected chi connectivity index (χ4v) is 7.04. The van der Waals surface area contributed by atoms with Gasteiger partial charge in [-0.15, -0.1) is 11.3 Å². The highest BCUT2D eigenvalue weighted by molar-refractivity contribution is 7.14. The van der Waals surface area contributed by atoms with Gasteiger partial charge in [0.25, 0.3) is 5.91 Å². The lowest BCUT2D eigenvalue weighted by Crippen LogP contribution is -2.50. The van der Waals surface area contributed by atoms with E-state index >= 15 is 0 Å². The summed E-state index contributed by atoms with van der Waals surface area (Å²) in [7, 11) is 2.08. The maximum Gasteiger partial charge on any atom is 0.262 e. The second-order valence-electron chi connectivity index (χ2n) is 14.4. The Labute approximate surface area is 302 Å². The third-order valence-electron chi connectivity index (χ3n) is 9.21. The summed E-state index contributed by atoms with van der Waals surface area (Å²) >= 11 is 1.49. The highest BCUT2D eigenvalue weighted by atomic mass is 32.1. The van der Waals surface area contributed by atoms with E-state index < -0.39 is 6.04 Å². The Morgan fingerprint density at radius 2 is 1.54 bits per heavy atom. The lowest BCUT2D eigenvalue weighted by atomic mass is 9.95. The molecule has 4 aromatic rings. The van der Waals surface area contributed by atoms with Crippen molar-refractivity contribution in [3.63, 3.8) is 0 Å². The Morgan fingerprint density at radius 1 is 0.840 bits per heavy atom. The van der Waals surface area contributed by atoms with Crippen molar-refractivity contribution < 1.29 is 14.3 Å². The number of aromatic nitrogens is 2. The third kappa shape index (κ3) is 10.5. The van der Waals surface area contributed by atoms with Gasteiger partial charge < -0.3 is 19.9 Å². The van der Waals surface area contributed by atoms with E-state index in [9.17, 15) is 9.59 Å². The first kappa shape index (κ1) is 37.2. The lowest BCUT2D eigenvalue weighted by molar-refractivity contribution is -0.133. The van der Waals surface area contributed by atoms with Crippen molar-refractivity contribution in [2.75, 3.05) is 39.8 Å². The zero-order valence-electron chi connectivity index (χ0n) is 30.4. The fourth-order valence-electron chi connectivity index (χ4n) is 6.07. The molecule has 1 fully saturated rings. The van der Waals surface area contributed by atoms with Crippen LogP contribution < -0.4 is 10.1 Å². The molecule has 0 saturated carbocycles. The number of ether oxygens (including phenoxy) is 1. The molecule has 1 atom stereocenters. The van der Waals surface area contributed by atoms with E-state index in [4.69, 9.17) is 4.74 Å². The minimum atomic E-state index is -0.671. The smallest absolute Gasteiger partial charge is 0.262 e. The molecular formula is C41H53N5O3S. The molecule has 2 aromatic carbocycles. The van der Waals surface area contributed by atoms with Gasteiger partial charge in [-0.2, -0.15) is 0 Å². The average Bonchev–Trinajstić information content (AvgIpc) is 3.54. The molecule has 0 unspecified atom stereocenters. The summed E-state index contributed by atoms with van der Waals surface area (Å²) in [6, 6.07) is 19.3. The van der Waals surface area contributed by atoms with Crippen LogP contribution in [0.1, 0.15) is 86.3 Å². The molecule has 9 heteroatoms. The summed E-state index contributed by atoms with van der Waals surface area (Å²) in [5.41, 5.74) is 3.78. The van der Waals surface area contributed by atoms with Crippen molar-refractivity contribution in [3.05, 3.63) is 88.4 Å². The molecule has 0 aliphatic carbocycles. The average molecular weight is 696 g/mol. The van der Waals surface area contributed by atoms with E-state index in [1.165, 1.54) is 37.0 Å². The zero-order valence-corrected chi connectivity index (χ0v) is 31.2. The van der Waals surface area contributed by atoms with Crippen LogP contribution in [0.4, 0.5) is 0 Å². The molecule has 50 heavy (non-hydrogen) atoms. The molecule has 3 heterocycles. The zero-order chi connectivity index (χ0) is 35.5. The number of nitrogens with zero attached hydrogens (tertiary/aromatic N) is 4. The number of unbranched alkanes of at least 4 members (excludes halogenated alkanes) is 4. The molecule has 2 amide bonds. The van der Waals surface area contributed by atoms with Crippen molar-refractivity contribution in [2.24, 2.45) is 0 Å². The van der Waals surface area contributed by atoms with Gasteiger partial charge in [-0.05, 0) is 67.2 Å². The fraction of sp³-hybridized carbons (Fsp3) is 0.463. The maximum absolute atomic E-state index is 13.9. The Kier molecular flexibility index (Phi) is 13.2. The number of thiophene rings is 1. The third-order valence-corrected chi connectivity index (χ3v) is 10.7. The Morgan fingerprint density at radius 3 is 2.22 bits per heavy atom. The number of hydrogen-bond acceptors (Lipinski definition) is 7. The molecule has 1 aliphatic rings. The van der Waals surface area contributed by atoms with Crippen molar-refractivity contribution in [1.29, 1.82) is 0 Å². The molecule has 5 rings (SSSR count). The van der Waals surface area contributed by atoms with Crippen LogP contribution in [-0.2, 0) is 16.6 Å². The van der Waals surface area contributed by atoms with E-state index in [-0.39, 0.29) is 17.2 Å². The summed E-state index contributed by atoms with van der Waals surface area (Å²) in [6.07, 6.45) is 11.1. The predicted molar refractivity (Wildman–Crippen MR) is 204 cm³/mol. The number of benzene rings is 2. The van der Waals surface area contributed by atoms with Crippen LogP contribution in [0, 0.1) is 0 Å². The summed E-state index contributed by atoms with van der Waals surface area (Å²) in [6.45, 7) is 12.5. The van der Waals surface area contributed by atoms with Crippen LogP contribution >= 0.6 is 11.3 Å². The minimum absolute atomic E-state index is 0.0359. The second kappa shape index (κ2) is 17.7. The van der Waals surface area contributed by atoms with Gasteiger partial charge in [-0.25, -0.2) is 9.97 Å². The van der Waals surface area contributed by atoms with E-state index in [0.29, 0.717) is 30.2 Å². The summed E-state index contributed by atoms with van der Waals surface area (Å²) in [5.74, 6) is 1.27. The number of carbonyl (C=O) groups excluding carboxylic acids is 2. The molecule has 0 radical (unpaired) electrons. The van der Waals surface area contributed by atoms with Crippen LogP contribution in [0.2, 0.25) is 0 Å². The Bertz CT molecular complexity index is 1660. The van der Waals surface area contributed by atoms with Gasteiger partial charge in [0.1, 0.15) is 11.8 Å². The summed E-state index contributed by atoms with van der Waals surface area (Å²) < 4.78 is 5.92. The summed E-state index contributed by atoms with van der Waals surface area (Å²) in [4.78, 5) is 42.6. The molecular weight excluding hydrogens is 643 g/mol. The number of carbonyl (C=O) groups is 2. The topological polar surface area (TPSA) is 87.7 Å². The van der Waals surface area contributed by atoms with Gasteiger partial charge in [0, 0.05) is 54.5 Å². The van der Waals surface area contributed by atoms with Gasteiger partial charge >= 0.3 is 0 Å². The van der Waals surface area contributed by atoms with E-state index in [2.05, 4.69) is 54.9 Å². The number of likely N-dealkylation sites (N-methyl/N-ethyl adjacent to an activating group) is 1. The normalized spacial score (nSPS) is 14.6. The van der Waals surface area contributed by atoms with E-state index in [0.717, 1.165) is 65.4 Å². The molecule has 1 aliphatic heterocycles. The van der Waals surface area contributed by atoms with Gasteiger partial charge in [0.2, 0.25) is 5.91 Å². The van der Waals surface area contributed by atoms with Gasteiger partial charge in [0.05, 0.1) is 11.5 Å². The largest absolute Gasteiger partial charge is 0.494 e. The highest BCUT2D eigenvalue weighted by Crippen LogP contribution is 2.30. The first-order chi connectivity index (χ1) is 24.1. The number of hydrogen-bond donors (Lipinski definition) is 1. The molecule has 2 aromatic heterocycles. The first-order valence-corrected chi connectivity index (χ1v) is 19.0. The van der Waals surface area contributed by atoms with Gasteiger partial charge in [-0.1, -0.05) is 89.8 Å². The Hall–Kier alpha value is -4.08. The minimum Gasteiger partial charge on any atom is -0.494 e. The molecule has 0 bridgehead atoms. The number of nitrogens with one attached hydrogen (secondary N) is 1. The standard InChI is InChI=1S/C41H53N5O3S/c1-6-7-8-9-10-26-49-34-18-16-31(17-19-34)33-28-42-38(43-29-33)32-14-12-30(13-15-32)27-35(40(48)46-23-11-22-45(5)24-25-46)44-39(47)36-20-21-37(50-36)41(2,3)4/h12-21,28-29,35H,6-11,22-27H2,1-5H3,(H,44,47)/t35-/m0/s1. The highest BCUT2D eigenvalue weighted by Gasteiger charge is 2.29. The van der Waals surface area contributed by atoms with Gasteiger partial charge in [0.15, 0.2) is 5.82 Å². The quantitative estimate of drug-likeness (QED) is 0.135. The van der Waals surface area contributed by atoms with Crippen molar-refractivity contribution in [1.82, 2.24) is 25.1 Å². The van der Waals surface area contributed by atoms with E-state index in [1.54, 1.807) is 0 Å². The molecule has 1 saturated heterocycles. The lowest BCUT2D eigenvalue weighted by Gasteiger charge is -2.27. The second-order valence-corrected chi connectivity index (χ2v) is 15.5. The van der Waals surface area contributed by atoms with Crippen LogP contribution in [0.3, 0.4) is 0 Å². The molecule has 0 spiro atoms. The van der Waals surface area contributed by atoms with E-state index in [1.807, 2.05) is 78.0 Å². The van der Waals surface area contributed by atoms with Crippen molar-refractivity contribution in [2.45, 2.75) is 84.1 Å². The van der Waals surface area contributed by atoms with Gasteiger partial charge in [-0.3, -0.25) is 9.59 Å². The summed E-state index contributed by atoms with van der Waals surface area (Å²) in [5, 5.41) is 3.10. The SMILES string of the molecule is CCCCCCCOc1ccc(-c2cnc(-c3ccc(C[C@H](NC(=O)c4ccc(C(C)(C)C)s4)C(=O)N4CCCN(C)CC4)cc3)nc2)cc1. The van der Waals surface area contributed by atoms with Crippen LogP contribution in [0.25, 0.3) is 22.5 Å².